The summed E-state index contributed by atoms with van der Waals surface area (Å²) in [5.41, 5.74) is 1.83. The lowest BCUT2D eigenvalue weighted by Gasteiger charge is -2.22. The average molecular weight is 417 g/mol. The monoisotopic (exact) mass is 416 g/mol. The van der Waals surface area contributed by atoms with Crippen LogP contribution in [-0.2, 0) is 16.0 Å². The number of aryl methyl sites for hydroxylation is 1. The summed E-state index contributed by atoms with van der Waals surface area (Å²) < 4.78 is 6.02. The van der Waals surface area contributed by atoms with Crippen LogP contribution in [0, 0.1) is 5.92 Å². The Morgan fingerprint density at radius 3 is 2.70 bits per heavy atom. The van der Waals surface area contributed by atoms with Crippen molar-refractivity contribution in [2.24, 2.45) is 5.92 Å². The van der Waals surface area contributed by atoms with Gasteiger partial charge in [0.05, 0.1) is 6.54 Å². The van der Waals surface area contributed by atoms with Gasteiger partial charge in [-0.05, 0) is 43.7 Å². The summed E-state index contributed by atoms with van der Waals surface area (Å²) in [6.45, 7) is 11.8. The second kappa shape index (κ2) is 12.2. The van der Waals surface area contributed by atoms with Gasteiger partial charge in [-0.15, -0.1) is 0 Å². The number of amides is 2. The Morgan fingerprint density at radius 1 is 1.17 bits per heavy atom. The van der Waals surface area contributed by atoms with Crippen molar-refractivity contribution in [2.45, 2.75) is 52.1 Å². The molecule has 1 aromatic rings. The van der Waals surface area contributed by atoms with Gasteiger partial charge in [0.15, 0.2) is 0 Å². The molecule has 4 N–H and O–H groups in total. The number of hydrogen-bond acceptors (Lipinski definition) is 5. The third-order valence-corrected chi connectivity index (χ3v) is 4.91. The Morgan fingerprint density at radius 2 is 1.93 bits per heavy atom. The van der Waals surface area contributed by atoms with Crippen molar-refractivity contribution in [3.63, 3.8) is 0 Å². The van der Waals surface area contributed by atoms with Crippen molar-refractivity contribution in [3.05, 3.63) is 42.1 Å². The molecule has 0 bridgehead atoms. The van der Waals surface area contributed by atoms with Gasteiger partial charge in [-0.3, -0.25) is 9.59 Å². The van der Waals surface area contributed by atoms with Crippen LogP contribution in [0.5, 0.6) is 5.75 Å². The molecule has 0 radical (unpaired) electrons. The van der Waals surface area contributed by atoms with Crippen molar-refractivity contribution in [1.29, 1.82) is 0 Å². The zero-order valence-corrected chi connectivity index (χ0v) is 18.4. The number of para-hydroxylation sites is 1. The number of nitrogens with one attached hydrogen (secondary N) is 4. The van der Waals surface area contributed by atoms with Gasteiger partial charge in [-0.2, -0.15) is 0 Å². The third kappa shape index (κ3) is 8.45. The molecule has 2 amide bonds. The van der Waals surface area contributed by atoms with Crippen LogP contribution in [0.2, 0.25) is 0 Å². The normalized spacial score (nSPS) is 22.6. The molecule has 7 nitrogen and oxygen atoms in total. The van der Waals surface area contributed by atoms with Gasteiger partial charge in [0, 0.05) is 24.8 Å². The minimum Gasteiger partial charge on any atom is -0.492 e. The van der Waals surface area contributed by atoms with Crippen LogP contribution < -0.4 is 26.0 Å². The molecule has 0 aromatic heterocycles. The fourth-order valence-electron chi connectivity index (χ4n) is 3.25. The summed E-state index contributed by atoms with van der Waals surface area (Å²) >= 11 is 0. The molecule has 2 rings (SSSR count). The number of benzene rings is 1. The van der Waals surface area contributed by atoms with Crippen molar-refractivity contribution in [1.82, 2.24) is 21.3 Å². The van der Waals surface area contributed by atoms with E-state index >= 15 is 0 Å². The van der Waals surface area contributed by atoms with Gasteiger partial charge in [-0.25, -0.2) is 0 Å². The van der Waals surface area contributed by atoms with Crippen LogP contribution in [-0.4, -0.2) is 50.1 Å². The zero-order chi connectivity index (χ0) is 21.9. The molecule has 166 valence electrons. The summed E-state index contributed by atoms with van der Waals surface area (Å²) in [7, 11) is 0. The maximum atomic E-state index is 12.6. The van der Waals surface area contributed by atoms with Crippen molar-refractivity contribution in [3.8, 4) is 5.75 Å². The predicted octanol–water partition coefficient (Wildman–Crippen LogP) is 1.74. The van der Waals surface area contributed by atoms with Crippen molar-refractivity contribution >= 4 is 11.8 Å². The summed E-state index contributed by atoms with van der Waals surface area (Å²) in [5, 5.41) is 12.2. The van der Waals surface area contributed by atoms with Gasteiger partial charge in [-0.1, -0.05) is 38.6 Å². The number of fused-ring (bicyclic) bond motifs is 1. The van der Waals surface area contributed by atoms with E-state index in [0.717, 1.165) is 24.2 Å². The van der Waals surface area contributed by atoms with Crippen LogP contribution in [0.1, 0.15) is 39.2 Å². The minimum atomic E-state index is -0.541. The third-order valence-electron chi connectivity index (χ3n) is 4.91. The number of ether oxygens (including phenoxy) is 1. The van der Waals surface area contributed by atoms with Gasteiger partial charge >= 0.3 is 0 Å². The molecule has 0 aliphatic carbocycles. The molecule has 0 saturated carbocycles. The summed E-state index contributed by atoms with van der Waals surface area (Å²) in [6.07, 6.45) is 2.19. The Balaban J connectivity index is 2.08. The number of carbonyl (C=O) groups excluding carboxylic acids is 2. The van der Waals surface area contributed by atoms with Crippen molar-refractivity contribution in [2.75, 3.05) is 26.2 Å². The molecule has 1 aliphatic heterocycles. The highest BCUT2D eigenvalue weighted by molar-refractivity contribution is 5.88. The molecular formula is C23H36N4O3. The Kier molecular flexibility index (Phi) is 9.67. The molecule has 1 aromatic carbocycles. The van der Waals surface area contributed by atoms with Crippen LogP contribution in [0.25, 0.3) is 0 Å². The predicted molar refractivity (Wildman–Crippen MR) is 119 cm³/mol. The fraction of sp³-hybridized carbons (Fsp3) is 0.565. The maximum absolute atomic E-state index is 12.6. The highest BCUT2D eigenvalue weighted by Gasteiger charge is 2.21. The van der Waals surface area contributed by atoms with Gasteiger partial charge < -0.3 is 26.0 Å². The van der Waals surface area contributed by atoms with Crippen LogP contribution in [0.15, 0.2) is 36.5 Å². The van der Waals surface area contributed by atoms with Crippen LogP contribution >= 0.6 is 0 Å². The second-order valence-corrected chi connectivity index (χ2v) is 8.30. The highest BCUT2D eigenvalue weighted by atomic mass is 16.5. The summed E-state index contributed by atoms with van der Waals surface area (Å²) in [5.74, 6) is 0.803. The molecule has 1 aliphatic rings. The SMILES string of the molecule is C=C1CN[C@@H](C)COc2ccccc2CCCNC(=O)C(CC(C)C)NC(=O)CN1. The number of rotatable bonds is 2. The lowest BCUT2D eigenvalue weighted by atomic mass is 10.0. The average Bonchev–Trinajstić information content (AvgIpc) is 2.71. The first-order valence-electron chi connectivity index (χ1n) is 10.8. The fourth-order valence-corrected chi connectivity index (χ4v) is 3.25. The lowest BCUT2D eigenvalue weighted by Crippen LogP contribution is -2.50. The molecule has 1 unspecified atom stereocenters. The van der Waals surface area contributed by atoms with E-state index in [0.29, 0.717) is 31.8 Å². The van der Waals surface area contributed by atoms with E-state index in [4.69, 9.17) is 4.74 Å². The lowest BCUT2D eigenvalue weighted by molar-refractivity contribution is -0.128. The smallest absolute Gasteiger partial charge is 0.242 e. The second-order valence-electron chi connectivity index (χ2n) is 8.30. The van der Waals surface area contributed by atoms with E-state index in [1.54, 1.807) is 0 Å². The minimum absolute atomic E-state index is 0.0840. The molecule has 0 spiro atoms. The van der Waals surface area contributed by atoms with E-state index in [1.165, 1.54) is 0 Å². The van der Waals surface area contributed by atoms with Gasteiger partial charge in [0.25, 0.3) is 0 Å². The van der Waals surface area contributed by atoms with Crippen molar-refractivity contribution < 1.29 is 14.3 Å². The van der Waals surface area contributed by atoms with Crippen LogP contribution in [0.3, 0.4) is 0 Å². The Bertz CT molecular complexity index is 720. The summed E-state index contributed by atoms with van der Waals surface area (Å²) in [6, 6.07) is 7.59. The zero-order valence-electron chi connectivity index (χ0n) is 18.4. The molecule has 7 heteroatoms. The Hall–Kier alpha value is -2.54. The molecule has 2 atom stereocenters. The van der Waals surface area contributed by atoms with E-state index in [9.17, 15) is 9.59 Å². The standard InChI is InChI=1S/C23H36N4O3/c1-16(2)12-20-23(29)24-11-7-9-19-8-5-6-10-21(19)30-15-18(4)25-13-17(3)26-14-22(28)27-20/h5-6,8,10,16,18,20,25-26H,3,7,9,11-15H2,1-2,4H3,(H,24,29)(H,27,28)/t18-,20?/m0/s1. The largest absolute Gasteiger partial charge is 0.492 e. The first-order chi connectivity index (χ1) is 14.3. The first-order valence-corrected chi connectivity index (χ1v) is 10.8. The van der Waals surface area contributed by atoms with Gasteiger partial charge in [0.1, 0.15) is 18.4 Å². The molecule has 30 heavy (non-hydrogen) atoms. The number of carbonyl (C=O) groups is 2. The molecule has 0 saturated heterocycles. The summed E-state index contributed by atoms with van der Waals surface area (Å²) in [4.78, 5) is 25.0. The van der Waals surface area contributed by atoms with E-state index in [2.05, 4.69) is 33.9 Å². The molecular weight excluding hydrogens is 380 g/mol. The first kappa shape index (κ1) is 23.7. The van der Waals surface area contributed by atoms with E-state index in [1.807, 2.05) is 39.0 Å². The maximum Gasteiger partial charge on any atom is 0.242 e. The quantitative estimate of drug-likeness (QED) is 0.590. The van der Waals surface area contributed by atoms with E-state index < -0.39 is 6.04 Å². The molecule has 0 fully saturated rings. The Labute approximate surface area is 180 Å². The highest BCUT2D eigenvalue weighted by Crippen LogP contribution is 2.19. The van der Waals surface area contributed by atoms with Crippen LogP contribution in [0.4, 0.5) is 0 Å². The van der Waals surface area contributed by atoms with Gasteiger partial charge in [0.2, 0.25) is 11.8 Å². The molecule has 1 heterocycles. The topological polar surface area (TPSA) is 91.5 Å². The number of hydrogen-bond donors (Lipinski definition) is 4. The van der Waals surface area contributed by atoms with E-state index in [-0.39, 0.29) is 30.3 Å².